The van der Waals surface area contributed by atoms with E-state index in [1.807, 2.05) is 24.3 Å². The molecule has 0 saturated heterocycles. The predicted octanol–water partition coefficient (Wildman–Crippen LogP) is 2.97. The number of hydrogen-bond acceptors (Lipinski definition) is 7. The van der Waals surface area contributed by atoms with Gasteiger partial charge in [0.15, 0.2) is 0 Å². The van der Waals surface area contributed by atoms with Crippen molar-refractivity contribution in [2.45, 2.75) is 18.9 Å². The highest BCUT2D eigenvalue weighted by Gasteiger charge is 2.24. The Hall–Kier alpha value is -3.00. The standard InChI is InChI=1S/C18H15N5O2S/c1-25-12-6-4-11(5-7-12)23-18(24)15-13(8-21-23)14-16(22-10-2-3-10)19-9-20-17(14)26-15/h4-10H,2-3H2,1H3,(H,19,20,22). The molecular formula is C18H15N5O2S. The van der Waals surface area contributed by atoms with Gasteiger partial charge in [-0.25, -0.2) is 9.97 Å². The number of rotatable bonds is 4. The molecule has 0 atom stereocenters. The monoisotopic (exact) mass is 365 g/mol. The zero-order chi connectivity index (χ0) is 17.7. The second kappa shape index (κ2) is 5.77. The predicted molar refractivity (Wildman–Crippen MR) is 102 cm³/mol. The molecule has 3 aromatic heterocycles. The molecule has 1 saturated carbocycles. The lowest BCUT2D eigenvalue weighted by Gasteiger charge is -2.06. The topological polar surface area (TPSA) is 81.9 Å². The van der Waals surface area contributed by atoms with Crippen LogP contribution in [-0.4, -0.2) is 32.9 Å². The van der Waals surface area contributed by atoms with Crippen molar-refractivity contribution in [2.75, 3.05) is 12.4 Å². The third-order valence-corrected chi connectivity index (χ3v) is 5.55. The summed E-state index contributed by atoms with van der Waals surface area (Å²) in [5.74, 6) is 1.52. The maximum atomic E-state index is 13.0. The average Bonchev–Trinajstić information content (AvgIpc) is 3.40. The molecule has 5 rings (SSSR count). The van der Waals surface area contributed by atoms with Crippen LogP contribution in [0.1, 0.15) is 12.8 Å². The minimum Gasteiger partial charge on any atom is -0.497 e. The molecule has 3 heterocycles. The molecule has 0 aliphatic heterocycles. The minimum absolute atomic E-state index is 0.159. The first-order chi connectivity index (χ1) is 12.7. The Balaban J connectivity index is 1.70. The van der Waals surface area contributed by atoms with Crippen LogP contribution in [0.2, 0.25) is 0 Å². The highest BCUT2D eigenvalue weighted by molar-refractivity contribution is 7.25. The number of nitrogens with zero attached hydrogens (tertiary/aromatic N) is 4. The number of methoxy groups -OCH3 is 1. The normalized spacial score (nSPS) is 14.0. The number of benzene rings is 1. The second-order valence-electron chi connectivity index (χ2n) is 6.23. The summed E-state index contributed by atoms with van der Waals surface area (Å²) in [7, 11) is 1.61. The molecular weight excluding hydrogens is 350 g/mol. The number of anilines is 1. The fourth-order valence-corrected chi connectivity index (χ4v) is 3.98. The van der Waals surface area contributed by atoms with Gasteiger partial charge in [0, 0.05) is 11.4 Å². The molecule has 1 fully saturated rings. The Morgan fingerprint density at radius 2 is 2.04 bits per heavy atom. The van der Waals surface area contributed by atoms with Crippen molar-refractivity contribution < 1.29 is 4.74 Å². The van der Waals surface area contributed by atoms with E-state index in [0.717, 1.165) is 40.0 Å². The average molecular weight is 365 g/mol. The van der Waals surface area contributed by atoms with Crippen LogP contribution in [0.5, 0.6) is 5.75 Å². The summed E-state index contributed by atoms with van der Waals surface area (Å²) in [4.78, 5) is 22.5. The van der Waals surface area contributed by atoms with E-state index < -0.39 is 0 Å². The number of nitrogens with one attached hydrogen (secondary N) is 1. The maximum absolute atomic E-state index is 13.0. The van der Waals surface area contributed by atoms with E-state index in [-0.39, 0.29) is 5.56 Å². The van der Waals surface area contributed by atoms with Crippen LogP contribution >= 0.6 is 11.3 Å². The van der Waals surface area contributed by atoms with E-state index in [9.17, 15) is 4.79 Å². The van der Waals surface area contributed by atoms with Gasteiger partial charge in [0.05, 0.1) is 24.4 Å². The molecule has 7 nitrogen and oxygen atoms in total. The molecule has 130 valence electrons. The number of aromatic nitrogens is 4. The molecule has 0 radical (unpaired) electrons. The van der Waals surface area contributed by atoms with Crippen LogP contribution in [0.15, 0.2) is 41.6 Å². The van der Waals surface area contributed by atoms with Crippen LogP contribution in [0.4, 0.5) is 5.82 Å². The zero-order valence-corrected chi connectivity index (χ0v) is 14.8. The molecule has 8 heteroatoms. The highest BCUT2D eigenvalue weighted by atomic mass is 32.1. The molecule has 4 aromatic rings. The molecule has 26 heavy (non-hydrogen) atoms. The quantitative estimate of drug-likeness (QED) is 0.599. The van der Waals surface area contributed by atoms with Gasteiger partial charge < -0.3 is 10.1 Å². The van der Waals surface area contributed by atoms with E-state index in [2.05, 4.69) is 20.4 Å². The van der Waals surface area contributed by atoms with Crippen LogP contribution in [0, 0.1) is 0 Å². The summed E-state index contributed by atoms with van der Waals surface area (Å²) < 4.78 is 7.20. The Kier molecular flexibility index (Phi) is 3.39. The van der Waals surface area contributed by atoms with Gasteiger partial charge in [-0.05, 0) is 37.1 Å². The molecule has 1 aromatic carbocycles. The van der Waals surface area contributed by atoms with E-state index in [4.69, 9.17) is 4.74 Å². The van der Waals surface area contributed by atoms with Gasteiger partial charge in [0.25, 0.3) is 5.56 Å². The van der Waals surface area contributed by atoms with Crippen LogP contribution in [0.25, 0.3) is 26.0 Å². The Bertz CT molecular complexity index is 1180. The smallest absolute Gasteiger partial charge is 0.289 e. The zero-order valence-electron chi connectivity index (χ0n) is 14.0. The molecule has 0 bridgehead atoms. The second-order valence-corrected chi connectivity index (χ2v) is 7.22. The van der Waals surface area contributed by atoms with Gasteiger partial charge >= 0.3 is 0 Å². The minimum atomic E-state index is -0.159. The van der Waals surface area contributed by atoms with Crippen LogP contribution in [0.3, 0.4) is 0 Å². The van der Waals surface area contributed by atoms with Gasteiger partial charge in [0.1, 0.15) is 27.4 Å². The van der Waals surface area contributed by atoms with Crippen molar-refractivity contribution in [3.8, 4) is 11.4 Å². The fraction of sp³-hybridized carbons (Fsp3) is 0.222. The van der Waals surface area contributed by atoms with E-state index in [1.54, 1.807) is 13.3 Å². The molecule has 1 N–H and O–H groups in total. The van der Waals surface area contributed by atoms with Crippen LogP contribution < -0.4 is 15.6 Å². The van der Waals surface area contributed by atoms with Gasteiger partial charge in [0.2, 0.25) is 0 Å². The number of ether oxygens (including phenoxy) is 1. The van der Waals surface area contributed by atoms with Gasteiger partial charge in [-0.1, -0.05) is 0 Å². The molecule has 0 unspecified atom stereocenters. The van der Waals surface area contributed by atoms with Crippen molar-refractivity contribution in [3.05, 3.63) is 47.1 Å². The molecule has 0 amide bonds. The van der Waals surface area contributed by atoms with Gasteiger partial charge in [-0.3, -0.25) is 4.79 Å². The largest absolute Gasteiger partial charge is 0.497 e. The Morgan fingerprint density at radius 1 is 1.23 bits per heavy atom. The molecule has 1 aliphatic carbocycles. The number of thiophene rings is 1. The first kappa shape index (κ1) is 15.3. The fourth-order valence-electron chi connectivity index (χ4n) is 2.94. The van der Waals surface area contributed by atoms with E-state index >= 15 is 0 Å². The van der Waals surface area contributed by atoms with Gasteiger partial charge in [-0.15, -0.1) is 11.3 Å². The first-order valence-corrected chi connectivity index (χ1v) is 9.13. The summed E-state index contributed by atoms with van der Waals surface area (Å²) in [6.07, 6.45) is 5.56. The Morgan fingerprint density at radius 3 is 2.77 bits per heavy atom. The third-order valence-electron chi connectivity index (χ3n) is 4.45. The van der Waals surface area contributed by atoms with Crippen molar-refractivity contribution in [1.82, 2.24) is 19.7 Å². The van der Waals surface area contributed by atoms with Crippen molar-refractivity contribution >= 4 is 37.5 Å². The molecule has 0 spiro atoms. The number of hydrogen-bond donors (Lipinski definition) is 1. The van der Waals surface area contributed by atoms with Crippen molar-refractivity contribution in [1.29, 1.82) is 0 Å². The lowest BCUT2D eigenvalue weighted by Crippen LogP contribution is -2.19. The van der Waals surface area contributed by atoms with Gasteiger partial charge in [-0.2, -0.15) is 9.78 Å². The summed E-state index contributed by atoms with van der Waals surface area (Å²) in [5.41, 5.74) is 0.533. The SMILES string of the molecule is COc1ccc(-n2ncc3c(sc4ncnc(NC5CC5)c43)c2=O)cc1. The lowest BCUT2D eigenvalue weighted by atomic mass is 10.2. The van der Waals surface area contributed by atoms with Crippen molar-refractivity contribution in [2.24, 2.45) is 0 Å². The summed E-state index contributed by atoms with van der Waals surface area (Å²) in [6.45, 7) is 0. The first-order valence-electron chi connectivity index (χ1n) is 8.31. The van der Waals surface area contributed by atoms with Crippen LogP contribution in [-0.2, 0) is 0 Å². The molecule has 1 aliphatic rings. The summed E-state index contributed by atoms with van der Waals surface area (Å²) in [5, 5.41) is 9.47. The van der Waals surface area contributed by atoms with E-state index in [1.165, 1.54) is 22.3 Å². The lowest BCUT2D eigenvalue weighted by molar-refractivity contribution is 0.414. The van der Waals surface area contributed by atoms with E-state index in [0.29, 0.717) is 16.4 Å². The Labute approximate surface area is 152 Å². The summed E-state index contributed by atoms with van der Waals surface area (Å²) in [6, 6.07) is 7.71. The summed E-state index contributed by atoms with van der Waals surface area (Å²) >= 11 is 1.38. The third kappa shape index (κ3) is 2.41. The number of fused-ring (bicyclic) bond motifs is 3. The van der Waals surface area contributed by atoms with Crippen molar-refractivity contribution in [3.63, 3.8) is 0 Å². The highest BCUT2D eigenvalue weighted by Crippen LogP contribution is 2.35. The maximum Gasteiger partial charge on any atom is 0.289 e.